The average Bonchev–Trinajstić information content (AvgIpc) is 2.62. The van der Waals surface area contributed by atoms with E-state index in [1.165, 1.54) is 6.07 Å². The van der Waals surface area contributed by atoms with Crippen molar-refractivity contribution in [1.29, 1.82) is 0 Å². The van der Waals surface area contributed by atoms with Crippen LogP contribution in [0.3, 0.4) is 0 Å². The van der Waals surface area contributed by atoms with Crippen LogP contribution in [0.2, 0.25) is 0 Å². The number of carboxylic acid groups (broad SMARTS) is 1. The van der Waals surface area contributed by atoms with Crippen molar-refractivity contribution in [2.75, 3.05) is 5.32 Å². The quantitative estimate of drug-likeness (QED) is 0.759. The molecule has 3 aromatic carbocycles. The minimum atomic E-state index is -1.00. The fraction of sp³-hybridized carbons (Fsp3) is 0.100. The molecule has 124 valence electrons. The number of benzene rings is 3. The van der Waals surface area contributed by atoms with Gasteiger partial charge in [-0.3, -0.25) is 0 Å². The number of rotatable bonds is 3. The zero-order valence-electron chi connectivity index (χ0n) is 13.4. The van der Waals surface area contributed by atoms with Crippen LogP contribution in [-0.4, -0.2) is 22.0 Å². The molecule has 0 saturated heterocycles. The Labute approximate surface area is 144 Å². The highest BCUT2D eigenvalue weighted by Gasteiger charge is 2.24. The van der Waals surface area contributed by atoms with Gasteiger partial charge in [0, 0.05) is 18.8 Å². The maximum absolute atomic E-state index is 12.4. The molecule has 1 aliphatic heterocycles. The van der Waals surface area contributed by atoms with Crippen molar-refractivity contribution in [3.05, 3.63) is 77.4 Å². The molecule has 25 heavy (non-hydrogen) atoms. The summed E-state index contributed by atoms with van der Waals surface area (Å²) in [5, 5.41) is 14.1. The zero-order chi connectivity index (χ0) is 17.4. The molecular formula is C20H16N2O3. The second-order valence-corrected chi connectivity index (χ2v) is 6.10. The van der Waals surface area contributed by atoms with Gasteiger partial charge in [-0.2, -0.15) is 0 Å². The first-order valence-electron chi connectivity index (χ1n) is 8.00. The molecule has 0 saturated carbocycles. The van der Waals surface area contributed by atoms with Crippen molar-refractivity contribution in [1.82, 2.24) is 4.90 Å². The third-order valence-corrected chi connectivity index (χ3v) is 4.49. The molecule has 1 aliphatic rings. The lowest BCUT2D eigenvalue weighted by atomic mass is 10.0. The summed E-state index contributed by atoms with van der Waals surface area (Å²) in [6.45, 7) is 0.942. The van der Waals surface area contributed by atoms with Gasteiger partial charge in [-0.1, -0.05) is 48.5 Å². The first-order chi connectivity index (χ1) is 12.1. The standard InChI is InChI=1S/C20H16N2O3/c23-19(24)14-8-9-16-12-22(20(25)21-18(16)10-14)11-15-6-3-5-13-4-1-2-7-17(13)15/h1-10H,11-12H2,(H,21,25)(H,23,24). The summed E-state index contributed by atoms with van der Waals surface area (Å²) in [7, 11) is 0. The van der Waals surface area contributed by atoms with E-state index in [0.29, 0.717) is 18.8 Å². The number of nitrogens with zero attached hydrogens (tertiary/aromatic N) is 1. The summed E-state index contributed by atoms with van der Waals surface area (Å²) >= 11 is 0. The Hall–Kier alpha value is -3.34. The number of carbonyl (C=O) groups is 2. The van der Waals surface area contributed by atoms with E-state index >= 15 is 0 Å². The van der Waals surface area contributed by atoms with Crippen LogP contribution in [0.5, 0.6) is 0 Å². The zero-order valence-corrected chi connectivity index (χ0v) is 13.4. The monoisotopic (exact) mass is 332 g/mol. The number of aromatic carboxylic acids is 1. The molecule has 0 bridgehead atoms. The number of fused-ring (bicyclic) bond motifs is 2. The second-order valence-electron chi connectivity index (χ2n) is 6.10. The number of anilines is 1. The number of amides is 2. The van der Waals surface area contributed by atoms with E-state index in [1.807, 2.05) is 24.3 Å². The minimum absolute atomic E-state index is 0.168. The molecule has 0 spiro atoms. The van der Waals surface area contributed by atoms with Crippen molar-refractivity contribution in [2.24, 2.45) is 0 Å². The number of carbonyl (C=O) groups excluding carboxylic acids is 1. The van der Waals surface area contributed by atoms with Gasteiger partial charge in [-0.15, -0.1) is 0 Å². The number of hydrogen-bond acceptors (Lipinski definition) is 2. The fourth-order valence-corrected chi connectivity index (χ4v) is 3.20. The van der Waals surface area contributed by atoms with Crippen LogP contribution >= 0.6 is 0 Å². The number of nitrogens with one attached hydrogen (secondary N) is 1. The molecule has 0 aliphatic carbocycles. The lowest BCUT2D eigenvalue weighted by Crippen LogP contribution is -2.38. The Bertz CT molecular complexity index is 992. The van der Waals surface area contributed by atoms with Crippen molar-refractivity contribution in [3.63, 3.8) is 0 Å². The third-order valence-electron chi connectivity index (χ3n) is 4.49. The van der Waals surface area contributed by atoms with Crippen molar-refractivity contribution in [2.45, 2.75) is 13.1 Å². The molecule has 0 aromatic heterocycles. The smallest absolute Gasteiger partial charge is 0.335 e. The van der Waals surface area contributed by atoms with Gasteiger partial charge in [0.25, 0.3) is 0 Å². The van der Waals surface area contributed by atoms with E-state index in [4.69, 9.17) is 5.11 Å². The van der Waals surface area contributed by atoms with Crippen LogP contribution < -0.4 is 5.32 Å². The molecule has 2 N–H and O–H groups in total. The van der Waals surface area contributed by atoms with Gasteiger partial charge in [-0.25, -0.2) is 9.59 Å². The molecule has 1 heterocycles. The van der Waals surface area contributed by atoms with Crippen LogP contribution in [0.1, 0.15) is 21.5 Å². The lowest BCUT2D eigenvalue weighted by Gasteiger charge is -2.30. The summed E-state index contributed by atoms with van der Waals surface area (Å²) in [4.78, 5) is 25.2. The number of carboxylic acids is 1. The molecule has 3 aromatic rings. The Morgan fingerprint density at radius 2 is 1.88 bits per heavy atom. The molecule has 2 amide bonds. The van der Waals surface area contributed by atoms with Crippen LogP contribution in [-0.2, 0) is 13.1 Å². The lowest BCUT2D eigenvalue weighted by molar-refractivity contribution is 0.0697. The largest absolute Gasteiger partial charge is 0.478 e. The Morgan fingerprint density at radius 1 is 1.08 bits per heavy atom. The van der Waals surface area contributed by atoms with Gasteiger partial charge < -0.3 is 15.3 Å². The predicted octanol–water partition coefficient (Wildman–Crippen LogP) is 4.09. The maximum atomic E-state index is 12.4. The van der Waals surface area contributed by atoms with Gasteiger partial charge in [-0.05, 0) is 34.0 Å². The minimum Gasteiger partial charge on any atom is -0.478 e. The summed E-state index contributed by atoms with van der Waals surface area (Å²) < 4.78 is 0. The highest BCUT2D eigenvalue weighted by atomic mass is 16.4. The van der Waals surface area contributed by atoms with Crippen LogP contribution in [0.25, 0.3) is 10.8 Å². The Kier molecular flexibility index (Phi) is 3.61. The number of urea groups is 1. The Balaban J connectivity index is 1.64. The van der Waals surface area contributed by atoms with E-state index in [1.54, 1.807) is 17.0 Å². The first kappa shape index (κ1) is 15.2. The normalized spacial score (nSPS) is 13.4. The molecule has 0 radical (unpaired) electrons. The van der Waals surface area contributed by atoms with E-state index in [-0.39, 0.29) is 11.6 Å². The van der Waals surface area contributed by atoms with Gasteiger partial charge in [0.05, 0.1) is 5.56 Å². The molecular weight excluding hydrogens is 316 g/mol. The molecule has 0 fully saturated rings. The third kappa shape index (κ3) is 2.80. The molecule has 0 atom stereocenters. The van der Waals surface area contributed by atoms with E-state index in [9.17, 15) is 9.59 Å². The highest BCUT2D eigenvalue weighted by Crippen LogP contribution is 2.27. The summed E-state index contributed by atoms with van der Waals surface area (Å²) in [6, 6.07) is 18.8. The maximum Gasteiger partial charge on any atom is 0.335 e. The van der Waals surface area contributed by atoms with Gasteiger partial charge in [0.1, 0.15) is 0 Å². The van der Waals surface area contributed by atoms with E-state index in [2.05, 4.69) is 23.5 Å². The molecule has 4 rings (SSSR count). The molecule has 5 heteroatoms. The second kappa shape index (κ2) is 5.94. The highest BCUT2D eigenvalue weighted by molar-refractivity contribution is 5.96. The Morgan fingerprint density at radius 3 is 2.72 bits per heavy atom. The molecule has 0 unspecified atom stereocenters. The fourth-order valence-electron chi connectivity index (χ4n) is 3.20. The average molecular weight is 332 g/mol. The topological polar surface area (TPSA) is 69.6 Å². The van der Waals surface area contributed by atoms with Crippen LogP contribution in [0, 0.1) is 0 Å². The van der Waals surface area contributed by atoms with E-state index in [0.717, 1.165) is 21.9 Å². The van der Waals surface area contributed by atoms with Crippen molar-refractivity contribution < 1.29 is 14.7 Å². The summed E-state index contributed by atoms with van der Waals surface area (Å²) in [5.74, 6) is -1.00. The summed E-state index contributed by atoms with van der Waals surface area (Å²) in [6.07, 6.45) is 0. The van der Waals surface area contributed by atoms with Crippen LogP contribution in [0.4, 0.5) is 10.5 Å². The van der Waals surface area contributed by atoms with Gasteiger partial charge in [0.15, 0.2) is 0 Å². The molecule has 5 nitrogen and oxygen atoms in total. The predicted molar refractivity (Wildman–Crippen MR) is 95.6 cm³/mol. The van der Waals surface area contributed by atoms with Crippen molar-refractivity contribution in [3.8, 4) is 0 Å². The van der Waals surface area contributed by atoms with Crippen LogP contribution in [0.15, 0.2) is 60.7 Å². The summed E-state index contributed by atoms with van der Waals surface area (Å²) in [5.41, 5.74) is 2.73. The van der Waals surface area contributed by atoms with Gasteiger partial charge >= 0.3 is 12.0 Å². The van der Waals surface area contributed by atoms with Gasteiger partial charge in [0.2, 0.25) is 0 Å². The first-order valence-corrected chi connectivity index (χ1v) is 8.00. The SMILES string of the molecule is O=C(O)c1ccc2c(c1)NC(=O)N(Cc1cccc3ccccc13)C2. The number of hydrogen-bond donors (Lipinski definition) is 2. The van der Waals surface area contributed by atoms with Crippen molar-refractivity contribution >= 4 is 28.5 Å². The van der Waals surface area contributed by atoms with E-state index < -0.39 is 5.97 Å².